The van der Waals surface area contributed by atoms with Crippen molar-refractivity contribution < 1.29 is 23.0 Å². The van der Waals surface area contributed by atoms with E-state index in [-0.39, 0.29) is 12.4 Å². The standard InChI is InChI=1S/C15H20BrF2N3O3/c1-8-5-10(20-12(16)11(8)19)23-9-6-21(7-15(9,17)18)13(22)24-14(2,3)4/h5,9H,6-7,19H2,1-4H3/t9-/m0/s1. The van der Waals surface area contributed by atoms with Crippen LogP contribution in [0.15, 0.2) is 10.7 Å². The van der Waals surface area contributed by atoms with Crippen molar-refractivity contribution in [1.29, 1.82) is 0 Å². The summed E-state index contributed by atoms with van der Waals surface area (Å²) >= 11 is 3.15. The molecule has 1 amide bonds. The Labute approximate surface area is 147 Å². The van der Waals surface area contributed by atoms with Gasteiger partial charge in [0.25, 0.3) is 0 Å². The van der Waals surface area contributed by atoms with Crippen molar-refractivity contribution in [3.05, 3.63) is 16.2 Å². The minimum atomic E-state index is -3.21. The number of carbonyl (C=O) groups is 1. The highest BCUT2D eigenvalue weighted by molar-refractivity contribution is 9.10. The number of carbonyl (C=O) groups excluding carboxylic acids is 1. The number of nitrogens with two attached hydrogens (primary N) is 1. The van der Waals surface area contributed by atoms with Gasteiger partial charge in [-0.3, -0.25) is 4.90 Å². The molecule has 0 unspecified atom stereocenters. The van der Waals surface area contributed by atoms with E-state index in [0.29, 0.717) is 15.9 Å². The number of halogens is 3. The molecule has 0 aliphatic carbocycles. The summed E-state index contributed by atoms with van der Waals surface area (Å²) in [6.07, 6.45) is -2.30. The molecule has 2 rings (SSSR count). The summed E-state index contributed by atoms with van der Waals surface area (Å²) in [6.45, 7) is 5.68. The van der Waals surface area contributed by atoms with Gasteiger partial charge in [0.2, 0.25) is 5.88 Å². The van der Waals surface area contributed by atoms with Gasteiger partial charge in [-0.25, -0.2) is 18.6 Å². The highest BCUT2D eigenvalue weighted by atomic mass is 79.9. The Morgan fingerprint density at radius 2 is 2.12 bits per heavy atom. The average Bonchev–Trinajstić information content (AvgIpc) is 2.69. The quantitative estimate of drug-likeness (QED) is 0.760. The van der Waals surface area contributed by atoms with E-state index >= 15 is 0 Å². The second kappa shape index (κ2) is 6.34. The smallest absolute Gasteiger partial charge is 0.410 e. The second-order valence-electron chi connectivity index (χ2n) is 6.71. The summed E-state index contributed by atoms with van der Waals surface area (Å²) in [7, 11) is 0. The predicted octanol–water partition coefficient (Wildman–Crippen LogP) is 3.37. The zero-order chi connectivity index (χ0) is 18.3. The largest absolute Gasteiger partial charge is 0.466 e. The van der Waals surface area contributed by atoms with Crippen molar-refractivity contribution >= 4 is 27.7 Å². The number of rotatable bonds is 2. The highest BCUT2D eigenvalue weighted by Crippen LogP contribution is 2.33. The normalized spacial score (nSPS) is 20.1. The zero-order valence-electron chi connectivity index (χ0n) is 13.9. The van der Waals surface area contributed by atoms with Crippen LogP contribution in [-0.2, 0) is 4.74 Å². The van der Waals surface area contributed by atoms with Crippen molar-refractivity contribution in [1.82, 2.24) is 9.88 Å². The number of amides is 1. The van der Waals surface area contributed by atoms with Gasteiger partial charge in [-0.15, -0.1) is 0 Å². The maximum atomic E-state index is 14.2. The third-order valence-corrected chi connectivity index (χ3v) is 3.97. The first kappa shape index (κ1) is 18.7. The Kier molecular flexibility index (Phi) is 4.94. The van der Waals surface area contributed by atoms with Crippen LogP contribution in [0.2, 0.25) is 0 Å². The molecule has 9 heteroatoms. The van der Waals surface area contributed by atoms with Crippen molar-refractivity contribution in [2.24, 2.45) is 0 Å². The van der Waals surface area contributed by atoms with Crippen molar-refractivity contribution in [2.45, 2.75) is 45.3 Å². The van der Waals surface area contributed by atoms with Crippen LogP contribution in [0.1, 0.15) is 26.3 Å². The fourth-order valence-corrected chi connectivity index (χ4v) is 2.65. The molecule has 0 saturated carbocycles. The van der Waals surface area contributed by atoms with Crippen LogP contribution >= 0.6 is 15.9 Å². The summed E-state index contributed by atoms with van der Waals surface area (Å²) in [5, 5.41) is 0. The molecular formula is C15H20BrF2N3O3. The summed E-state index contributed by atoms with van der Waals surface area (Å²) < 4.78 is 39.1. The lowest BCUT2D eigenvalue weighted by Crippen LogP contribution is -2.36. The lowest BCUT2D eigenvalue weighted by atomic mass is 10.2. The van der Waals surface area contributed by atoms with Crippen molar-refractivity contribution in [3.8, 4) is 5.88 Å². The molecule has 1 aromatic rings. The maximum Gasteiger partial charge on any atom is 0.410 e. The van der Waals surface area contributed by atoms with Gasteiger partial charge < -0.3 is 15.2 Å². The lowest BCUT2D eigenvalue weighted by molar-refractivity contribution is -0.0637. The van der Waals surface area contributed by atoms with Crippen LogP contribution in [0, 0.1) is 6.92 Å². The van der Waals surface area contributed by atoms with E-state index in [9.17, 15) is 13.6 Å². The van der Waals surface area contributed by atoms with Gasteiger partial charge in [0.15, 0.2) is 6.10 Å². The Balaban J connectivity index is 2.12. The van der Waals surface area contributed by atoms with E-state index < -0.39 is 30.3 Å². The maximum absolute atomic E-state index is 14.2. The Hall–Kier alpha value is -1.64. The molecule has 1 saturated heterocycles. The predicted molar refractivity (Wildman–Crippen MR) is 88.3 cm³/mol. The molecule has 24 heavy (non-hydrogen) atoms. The minimum absolute atomic E-state index is 0.0179. The van der Waals surface area contributed by atoms with Crippen LogP contribution in [0.4, 0.5) is 19.3 Å². The molecule has 0 radical (unpaired) electrons. The number of likely N-dealkylation sites (tertiary alicyclic amines) is 1. The van der Waals surface area contributed by atoms with E-state index in [1.165, 1.54) is 6.07 Å². The van der Waals surface area contributed by atoms with Gasteiger partial charge in [0.1, 0.15) is 10.2 Å². The average molecular weight is 408 g/mol. The molecule has 6 nitrogen and oxygen atoms in total. The van der Waals surface area contributed by atoms with Gasteiger partial charge >= 0.3 is 12.0 Å². The third-order valence-electron chi connectivity index (χ3n) is 3.37. The van der Waals surface area contributed by atoms with Crippen LogP contribution in [0.3, 0.4) is 0 Å². The molecule has 2 heterocycles. The number of ether oxygens (including phenoxy) is 2. The summed E-state index contributed by atoms with van der Waals surface area (Å²) in [5.41, 5.74) is 6.06. The molecule has 1 fully saturated rings. The van der Waals surface area contributed by atoms with Crippen molar-refractivity contribution in [2.75, 3.05) is 18.8 Å². The van der Waals surface area contributed by atoms with Crippen LogP contribution in [0.5, 0.6) is 5.88 Å². The number of hydrogen-bond donors (Lipinski definition) is 1. The van der Waals surface area contributed by atoms with Gasteiger partial charge in [0, 0.05) is 6.07 Å². The summed E-state index contributed by atoms with van der Waals surface area (Å²) in [4.78, 5) is 16.9. The topological polar surface area (TPSA) is 77.7 Å². The molecule has 134 valence electrons. The van der Waals surface area contributed by atoms with E-state index in [4.69, 9.17) is 15.2 Å². The Morgan fingerprint density at radius 1 is 1.50 bits per heavy atom. The fourth-order valence-electron chi connectivity index (χ4n) is 2.16. The number of hydrogen-bond acceptors (Lipinski definition) is 5. The first-order valence-electron chi connectivity index (χ1n) is 7.34. The van der Waals surface area contributed by atoms with E-state index in [2.05, 4.69) is 20.9 Å². The molecule has 1 atom stereocenters. The number of pyridine rings is 1. The third kappa shape index (κ3) is 4.25. The number of alkyl halides is 2. The van der Waals surface area contributed by atoms with Gasteiger partial charge in [-0.1, -0.05) is 0 Å². The number of aryl methyl sites for hydroxylation is 1. The molecule has 2 N–H and O–H groups in total. The first-order chi connectivity index (χ1) is 10.9. The molecule has 1 aliphatic rings. The van der Waals surface area contributed by atoms with Gasteiger partial charge in [-0.2, -0.15) is 0 Å². The van der Waals surface area contributed by atoms with Crippen LogP contribution in [-0.4, -0.2) is 46.7 Å². The van der Waals surface area contributed by atoms with E-state index in [1.54, 1.807) is 27.7 Å². The number of nitrogens with zero attached hydrogens (tertiary/aromatic N) is 2. The molecule has 0 bridgehead atoms. The molecular weight excluding hydrogens is 388 g/mol. The Bertz CT molecular complexity index is 626. The lowest BCUT2D eigenvalue weighted by Gasteiger charge is -2.24. The molecule has 0 aromatic carbocycles. The van der Waals surface area contributed by atoms with Gasteiger partial charge in [-0.05, 0) is 49.2 Å². The Morgan fingerprint density at radius 3 is 2.67 bits per heavy atom. The number of anilines is 1. The van der Waals surface area contributed by atoms with E-state index in [1.807, 2.05) is 0 Å². The van der Waals surface area contributed by atoms with Crippen LogP contribution in [0.25, 0.3) is 0 Å². The molecule has 1 aromatic heterocycles. The number of aromatic nitrogens is 1. The monoisotopic (exact) mass is 407 g/mol. The van der Waals surface area contributed by atoms with E-state index in [0.717, 1.165) is 4.90 Å². The second-order valence-corrected chi connectivity index (χ2v) is 7.46. The SMILES string of the molecule is Cc1cc(O[C@H]2CN(C(=O)OC(C)(C)C)CC2(F)F)nc(Br)c1N. The highest BCUT2D eigenvalue weighted by Gasteiger charge is 2.52. The number of nitrogen functional groups attached to an aromatic ring is 1. The minimum Gasteiger partial charge on any atom is -0.466 e. The van der Waals surface area contributed by atoms with Crippen molar-refractivity contribution in [3.63, 3.8) is 0 Å². The molecule has 1 aliphatic heterocycles. The molecule has 0 spiro atoms. The van der Waals surface area contributed by atoms with Crippen LogP contribution < -0.4 is 10.5 Å². The zero-order valence-corrected chi connectivity index (χ0v) is 15.5. The first-order valence-corrected chi connectivity index (χ1v) is 8.13. The summed E-state index contributed by atoms with van der Waals surface area (Å²) in [6, 6.07) is 1.48. The fraction of sp³-hybridized carbons (Fsp3) is 0.600. The summed E-state index contributed by atoms with van der Waals surface area (Å²) in [5.74, 6) is -3.19. The van der Waals surface area contributed by atoms with Gasteiger partial charge in [0.05, 0.1) is 18.8 Å².